The topological polar surface area (TPSA) is 59.3 Å². The molecule has 0 fully saturated rings. The first-order valence-electron chi connectivity index (χ1n) is 5.06. The third kappa shape index (κ3) is 2.93. The summed E-state index contributed by atoms with van der Waals surface area (Å²) in [6.07, 6.45) is 0. The molecule has 1 aromatic rings. The van der Waals surface area contributed by atoms with Crippen molar-refractivity contribution >= 4 is 12.9 Å². The molecule has 0 spiro atoms. The van der Waals surface area contributed by atoms with Crippen molar-refractivity contribution in [3.05, 3.63) is 29.8 Å². The Hall–Kier alpha value is -1.14. The van der Waals surface area contributed by atoms with Gasteiger partial charge in [0.2, 0.25) is 0 Å². The molecule has 0 aliphatic heterocycles. The Morgan fingerprint density at radius 1 is 1.31 bits per heavy atom. The zero-order chi connectivity index (χ0) is 12.0. The van der Waals surface area contributed by atoms with Gasteiger partial charge >= 0.3 is 7.60 Å². The summed E-state index contributed by atoms with van der Waals surface area (Å²) in [6, 6.07) is 8.48. The van der Waals surface area contributed by atoms with Crippen LogP contribution in [-0.4, -0.2) is 13.2 Å². The minimum absolute atomic E-state index is 0.300. The van der Waals surface area contributed by atoms with E-state index in [1.165, 1.54) is 6.07 Å². The molecule has 0 radical (unpaired) electrons. The summed E-state index contributed by atoms with van der Waals surface area (Å²) in [5.41, 5.74) is 0.442. The Kier molecular flexibility index (Phi) is 4.70. The van der Waals surface area contributed by atoms with Crippen LogP contribution >= 0.6 is 7.60 Å². The van der Waals surface area contributed by atoms with Crippen LogP contribution in [0.5, 0.6) is 0 Å². The summed E-state index contributed by atoms with van der Waals surface area (Å²) in [7, 11) is -3.26. The molecule has 0 amide bonds. The smallest absolute Gasteiger partial charge is 0.305 e. The van der Waals surface area contributed by atoms with E-state index in [9.17, 15) is 4.57 Å². The van der Waals surface area contributed by atoms with Gasteiger partial charge < -0.3 is 9.05 Å². The first-order valence-corrected chi connectivity index (χ1v) is 6.60. The lowest BCUT2D eigenvalue weighted by Crippen LogP contribution is -2.10. The average Bonchev–Trinajstić information content (AvgIpc) is 2.30. The fraction of sp³-hybridized carbons (Fsp3) is 0.364. The van der Waals surface area contributed by atoms with Gasteiger partial charge in [0, 0.05) is 0 Å². The van der Waals surface area contributed by atoms with Crippen LogP contribution in [0.4, 0.5) is 0 Å². The van der Waals surface area contributed by atoms with Gasteiger partial charge in [-0.15, -0.1) is 0 Å². The van der Waals surface area contributed by atoms with Crippen LogP contribution in [0.2, 0.25) is 0 Å². The Labute approximate surface area is 95.3 Å². The fourth-order valence-electron chi connectivity index (χ4n) is 1.27. The van der Waals surface area contributed by atoms with Crippen LogP contribution in [0, 0.1) is 11.3 Å². The van der Waals surface area contributed by atoms with E-state index in [1.807, 2.05) is 6.07 Å². The number of hydrogen-bond donors (Lipinski definition) is 0. The molecule has 0 unspecified atom stereocenters. The maximum absolute atomic E-state index is 12.3. The van der Waals surface area contributed by atoms with Crippen molar-refractivity contribution in [1.29, 1.82) is 5.26 Å². The summed E-state index contributed by atoms with van der Waals surface area (Å²) in [4.78, 5) is 0. The van der Waals surface area contributed by atoms with Gasteiger partial charge in [0.05, 0.1) is 30.2 Å². The Morgan fingerprint density at radius 2 is 1.94 bits per heavy atom. The van der Waals surface area contributed by atoms with Crippen molar-refractivity contribution in [2.75, 3.05) is 13.2 Å². The highest BCUT2D eigenvalue weighted by molar-refractivity contribution is 7.62. The highest BCUT2D eigenvalue weighted by Crippen LogP contribution is 2.46. The molecule has 86 valence electrons. The molecular formula is C11H14NO3P. The fourth-order valence-corrected chi connectivity index (χ4v) is 2.89. The normalized spacial score (nSPS) is 11.1. The van der Waals surface area contributed by atoms with E-state index in [1.54, 1.807) is 32.0 Å². The van der Waals surface area contributed by atoms with Gasteiger partial charge in [-0.2, -0.15) is 5.26 Å². The van der Waals surface area contributed by atoms with Crippen LogP contribution in [0.3, 0.4) is 0 Å². The molecule has 0 saturated heterocycles. The predicted molar refractivity (Wildman–Crippen MR) is 61.6 cm³/mol. The first kappa shape index (κ1) is 12.9. The number of nitriles is 1. The molecule has 16 heavy (non-hydrogen) atoms. The third-order valence-corrected chi connectivity index (χ3v) is 4.00. The van der Waals surface area contributed by atoms with Crippen molar-refractivity contribution in [2.45, 2.75) is 13.8 Å². The van der Waals surface area contributed by atoms with Gasteiger partial charge in [0.25, 0.3) is 0 Å². The van der Waals surface area contributed by atoms with Gasteiger partial charge in [-0.3, -0.25) is 4.57 Å². The molecule has 5 heteroatoms. The molecule has 0 bridgehead atoms. The second-order valence-electron chi connectivity index (χ2n) is 3.00. The molecule has 0 aliphatic carbocycles. The molecule has 0 aromatic heterocycles. The third-order valence-electron chi connectivity index (χ3n) is 1.89. The van der Waals surface area contributed by atoms with Gasteiger partial charge in [-0.1, -0.05) is 6.07 Å². The quantitative estimate of drug-likeness (QED) is 0.740. The number of nitrogens with zero attached hydrogens (tertiary/aromatic N) is 1. The van der Waals surface area contributed by atoms with Crippen molar-refractivity contribution in [3.63, 3.8) is 0 Å². The largest absolute Gasteiger partial charge is 0.361 e. The predicted octanol–water partition coefficient (Wildman–Crippen LogP) is 2.45. The maximum atomic E-state index is 12.3. The number of rotatable bonds is 5. The van der Waals surface area contributed by atoms with Crippen LogP contribution < -0.4 is 5.30 Å². The van der Waals surface area contributed by atoms with Crippen molar-refractivity contribution in [2.24, 2.45) is 0 Å². The van der Waals surface area contributed by atoms with Crippen molar-refractivity contribution < 1.29 is 13.6 Å². The molecule has 4 nitrogen and oxygen atoms in total. The monoisotopic (exact) mass is 239 g/mol. The Morgan fingerprint density at radius 3 is 2.44 bits per heavy atom. The van der Waals surface area contributed by atoms with Gasteiger partial charge in [0.1, 0.15) is 0 Å². The molecular weight excluding hydrogens is 225 g/mol. The van der Waals surface area contributed by atoms with Gasteiger partial charge in [0.15, 0.2) is 0 Å². The summed E-state index contributed by atoms with van der Waals surface area (Å²) in [5.74, 6) is 0. The summed E-state index contributed by atoms with van der Waals surface area (Å²) < 4.78 is 22.7. The van der Waals surface area contributed by atoms with Crippen molar-refractivity contribution in [1.82, 2.24) is 0 Å². The molecule has 0 N–H and O–H groups in total. The lowest BCUT2D eigenvalue weighted by molar-refractivity contribution is 0.230. The van der Waals surface area contributed by atoms with Crippen LogP contribution in [0.1, 0.15) is 19.4 Å². The second kappa shape index (κ2) is 5.81. The summed E-state index contributed by atoms with van der Waals surface area (Å²) >= 11 is 0. The molecule has 0 saturated carbocycles. The second-order valence-corrected chi connectivity index (χ2v) is 5.02. The maximum Gasteiger partial charge on any atom is 0.361 e. The Bertz CT molecular complexity index is 429. The van der Waals surface area contributed by atoms with Crippen molar-refractivity contribution in [3.8, 4) is 6.07 Å². The number of benzene rings is 1. The minimum Gasteiger partial charge on any atom is -0.305 e. The average molecular weight is 239 g/mol. The lowest BCUT2D eigenvalue weighted by atomic mass is 10.2. The van der Waals surface area contributed by atoms with E-state index in [2.05, 4.69) is 0 Å². The van der Waals surface area contributed by atoms with Gasteiger partial charge in [-0.25, -0.2) is 0 Å². The minimum atomic E-state index is -3.26. The van der Waals surface area contributed by atoms with E-state index in [-0.39, 0.29) is 0 Å². The first-order chi connectivity index (χ1) is 7.66. The van der Waals surface area contributed by atoms with E-state index < -0.39 is 7.60 Å². The van der Waals surface area contributed by atoms with E-state index in [4.69, 9.17) is 14.3 Å². The van der Waals surface area contributed by atoms with E-state index in [0.29, 0.717) is 24.1 Å². The SMILES string of the molecule is CCOP(=O)(OCC)c1cccc(C#N)c1. The summed E-state index contributed by atoms with van der Waals surface area (Å²) in [5, 5.41) is 9.19. The van der Waals surface area contributed by atoms with E-state index >= 15 is 0 Å². The lowest BCUT2D eigenvalue weighted by Gasteiger charge is -2.16. The molecule has 1 rings (SSSR count). The van der Waals surface area contributed by atoms with Gasteiger partial charge in [-0.05, 0) is 32.0 Å². The zero-order valence-electron chi connectivity index (χ0n) is 9.34. The van der Waals surface area contributed by atoms with Crippen LogP contribution in [0.15, 0.2) is 24.3 Å². The molecule has 1 aromatic carbocycles. The Balaban J connectivity index is 3.11. The molecule has 0 atom stereocenters. The zero-order valence-corrected chi connectivity index (χ0v) is 10.2. The standard InChI is InChI=1S/C11H14NO3P/c1-3-14-16(13,15-4-2)11-7-5-6-10(8-11)9-12/h5-8H,3-4H2,1-2H3. The highest BCUT2D eigenvalue weighted by Gasteiger charge is 2.26. The summed E-state index contributed by atoms with van der Waals surface area (Å²) in [6.45, 7) is 4.10. The number of hydrogen-bond acceptors (Lipinski definition) is 4. The molecule has 0 heterocycles. The van der Waals surface area contributed by atoms with E-state index in [0.717, 1.165) is 0 Å². The highest BCUT2D eigenvalue weighted by atomic mass is 31.2. The molecule has 0 aliphatic rings. The van der Waals surface area contributed by atoms with Crippen LogP contribution in [-0.2, 0) is 13.6 Å². The van der Waals surface area contributed by atoms with Crippen LogP contribution in [0.25, 0.3) is 0 Å².